The topological polar surface area (TPSA) is 46.9 Å². The van der Waals surface area contributed by atoms with Gasteiger partial charge in [0.25, 0.3) is 5.56 Å². The Morgan fingerprint density at radius 2 is 1.95 bits per heavy atom. The van der Waals surface area contributed by atoms with Crippen LogP contribution in [0.2, 0.25) is 0 Å². The van der Waals surface area contributed by atoms with Crippen molar-refractivity contribution in [1.82, 2.24) is 9.78 Å². The first-order valence-electron chi connectivity index (χ1n) is 7.00. The van der Waals surface area contributed by atoms with Crippen LogP contribution >= 0.6 is 0 Å². The quantitative estimate of drug-likeness (QED) is 0.909. The summed E-state index contributed by atoms with van der Waals surface area (Å²) >= 11 is 0. The van der Waals surface area contributed by atoms with Crippen LogP contribution in [-0.2, 0) is 6.54 Å². The van der Waals surface area contributed by atoms with Crippen molar-refractivity contribution in [3.8, 4) is 0 Å². The van der Waals surface area contributed by atoms with Crippen LogP contribution in [0.25, 0.3) is 0 Å². The molecule has 1 heterocycles. The second-order valence-electron chi connectivity index (χ2n) is 5.17. The van der Waals surface area contributed by atoms with Gasteiger partial charge in [-0.25, -0.2) is 4.68 Å². The van der Waals surface area contributed by atoms with Gasteiger partial charge in [-0.3, -0.25) is 4.79 Å². The minimum Gasteiger partial charge on any atom is -0.384 e. The summed E-state index contributed by atoms with van der Waals surface area (Å²) in [6, 6.07) is 9.92. The molecule has 0 spiro atoms. The third-order valence-corrected chi connectivity index (χ3v) is 3.23. The van der Waals surface area contributed by atoms with Gasteiger partial charge < -0.3 is 5.32 Å². The normalized spacial score (nSPS) is 10.8. The molecule has 0 amide bonds. The molecule has 4 nitrogen and oxygen atoms in total. The smallest absolute Gasteiger partial charge is 0.269 e. The number of hydrogen-bond donors (Lipinski definition) is 1. The van der Waals surface area contributed by atoms with E-state index in [1.54, 1.807) is 12.3 Å². The Morgan fingerprint density at radius 3 is 2.50 bits per heavy atom. The number of benzene rings is 1. The molecule has 0 aliphatic heterocycles. The lowest BCUT2D eigenvalue weighted by atomic mass is 10.0. The molecule has 0 aliphatic carbocycles. The maximum absolute atomic E-state index is 12.0. The first-order chi connectivity index (χ1) is 9.60. The Morgan fingerprint density at radius 1 is 1.25 bits per heavy atom. The van der Waals surface area contributed by atoms with Crippen molar-refractivity contribution >= 4 is 5.69 Å². The number of hydrogen-bond acceptors (Lipinski definition) is 3. The Labute approximate surface area is 119 Å². The molecule has 1 aromatic carbocycles. The van der Waals surface area contributed by atoms with Gasteiger partial charge in [0.1, 0.15) is 0 Å². The van der Waals surface area contributed by atoms with Crippen LogP contribution in [0, 0.1) is 0 Å². The summed E-state index contributed by atoms with van der Waals surface area (Å²) in [5.41, 5.74) is 3.07. The zero-order valence-corrected chi connectivity index (χ0v) is 12.3. The molecule has 4 heteroatoms. The molecule has 0 radical (unpaired) electrons. The Bertz CT molecular complexity index is 614. The summed E-state index contributed by atoms with van der Waals surface area (Å²) in [4.78, 5) is 12.0. The number of aromatic nitrogens is 2. The molecular formula is C16H21N3O. The zero-order chi connectivity index (χ0) is 14.5. The fourth-order valence-corrected chi connectivity index (χ4v) is 2.03. The fraction of sp³-hybridized carbons (Fsp3) is 0.375. The minimum absolute atomic E-state index is 0.0867. The van der Waals surface area contributed by atoms with E-state index >= 15 is 0 Å². The van der Waals surface area contributed by atoms with Crippen molar-refractivity contribution in [3.63, 3.8) is 0 Å². The van der Waals surface area contributed by atoms with Crippen molar-refractivity contribution in [3.05, 3.63) is 58.0 Å². The molecule has 20 heavy (non-hydrogen) atoms. The first-order valence-corrected chi connectivity index (χ1v) is 7.00. The van der Waals surface area contributed by atoms with E-state index in [0.29, 0.717) is 12.5 Å². The summed E-state index contributed by atoms with van der Waals surface area (Å²) in [5.74, 6) is 0.518. The molecule has 1 N–H and O–H groups in total. The van der Waals surface area contributed by atoms with Crippen LogP contribution < -0.4 is 10.9 Å². The third kappa shape index (κ3) is 3.47. The fourth-order valence-electron chi connectivity index (χ4n) is 2.03. The van der Waals surface area contributed by atoms with Gasteiger partial charge in [-0.15, -0.1) is 0 Å². The van der Waals surface area contributed by atoms with Crippen LogP contribution in [0.3, 0.4) is 0 Å². The molecule has 0 unspecified atom stereocenters. The van der Waals surface area contributed by atoms with Crippen LogP contribution in [0.5, 0.6) is 0 Å². The highest BCUT2D eigenvalue weighted by molar-refractivity contribution is 5.38. The number of rotatable bonds is 5. The summed E-state index contributed by atoms with van der Waals surface area (Å²) in [6.45, 7) is 7.61. The van der Waals surface area contributed by atoms with Gasteiger partial charge in [-0.1, -0.05) is 38.1 Å². The van der Waals surface area contributed by atoms with E-state index in [2.05, 4.69) is 48.5 Å². The van der Waals surface area contributed by atoms with E-state index in [-0.39, 0.29) is 5.56 Å². The minimum atomic E-state index is -0.0867. The van der Waals surface area contributed by atoms with E-state index in [4.69, 9.17) is 0 Å². The van der Waals surface area contributed by atoms with Crippen molar-refractivity contribution in [1.29, 1.82) is 0 Å². The summed E-state index contributed by atoms with van der Waals surface area (Å²) in [5, 5.41) is 7.27. The Balaban J connectivity index is 2.15. The summed E-state index contributed by atoms with van der Waals surface area (Å²) < 4.78 is 1.48. The summed E-state index contributed by atoms with van der Waals surface area (Å²) in [6.07, 6.45) is 1.69. The van der Waals surface area contributed by atoms with Crippen molar-refractivity contribution < 1.29 is 0 Å². The molecule has 2 rings (SSSR count). The molecule has 1 aromatic heterocycles. The van der Waals surface area contributed by atoms with E-state index < -0.39 is 0 Å². The summed E-state index contributed by atoms with van der Waals surface area (Å²) in [7, 11) is 0. The lowest BCUT2D eigenvalue weighted by Gasteiger charge is -2.09. The van der Waals surface area contributed by atoms with Crippen LogP contribution in [0.1, 0.15) is 37.8 Å². The van der Waals surface area contributed by atoms with Crippen molar-refractivity contribution in [2.45, 2.75) is 33.2 Å². The van der Waals surface area contributed by atoms with E-state index in [0.717, 1.165) is 17.8 Å². The second kappa shape index (κ2) is 6.37. The highest BCUT2D eigenvalue weighted by Crippen LogP contribution is 2.14. The van der Waals surface area contributed by atoms with E-state index in [1.807, 2.05) is 6.92 Å². The Hall–Kier alpha value is -2.10. The predicted octanol–water partition coefficient (Wildman–Crippen LogP) is 2.85. The lowest BCUT2D eigenvalue weighted by Crippen LogP contribution is -2.23. The number of nitrogens with zero attached hydrogens (tertiary/aromatic N) is 2. The molecule has 0 atom stereocenters. The predicted molar refractivity (Wildman–Crippen MR) is 82.3 cm³/mol. The standard InChI is InChI=1S/C16H21N3O/c1-4-17-15-9-16(20)19(18-10-15)11-13-5-7-14(8-6-13)12(2)3/h5-10,12,17H,4,11H2,1-3H3. The molecular weight excluding hydrogens is 250 g/mol. The van der Waals surface area contributed by atoms with Crippen molar-refractivity contribution in [2.24, 2.45) is 0 Å². The number of anilines is 1. The molecule has 2 aromatic rings. The monoisotopic (exact) mass is 271 g/mol. The van der Waals surface area contributed by atoms with Crippen LogP contribution in [0.15, 0.2) is 41.3 Å². The van der Waals surface area contributed by atoms with Gasteiger partial charge in [0.15, 0.2) is 0 Å². The maximum Gasteiger partial charge on any atom is 0.269 e. The second-order valence-corrected chi connectivity index (χ2v) is 5.17. The highest BCUT2D eigenvalue weighted by atomic mass is 16.1. The molecule has 0 saturated carbocycles. The highest BCUT2D eigenvalue weighted by Gasteiger charge is 2.03. The third-order valence-electron chi connectivity index (χ3n) is 3.23. The molecule has 106 valence electrons. The van der Waals surface area contributed by atoms with Gasteiger partial charge in [0, 0.05) is 12.6 Å². The maximum atomic E-state index is 12.0. The van der Waals surface area contributed by atoms with Gasteiger partial charge in [-0.2, -0.15) is 5.10 Å². The largest absolute Gasteiger partial charge is 0.384 e. The van der Waals surface area contributed by atoms with Gasteiger partial charge in [0.05, 0.1) is 18.4 Å². The van der Waals surface area contributed by atoms with E-state index in [1.165, 1.54) is 10.2 Å². The Kier molecular flexibility index (Phi) is 4.56. The zero-order valence-electron chi connectivity index (χ0n) is 12.3. The average Bonchev–Trinajstić information content (AvgIpc) is 2.43. The molecule has 0 saturated heterocycles. The van der Waals surface area contributed by atoms with Gasteiger partial charge in [-0.05, 0) is 24.0 Å². The van der Waals surface area contributed by atoms with Crippen LogP contribution in [0.4, 0.5) is 5.69 Å². The van der Waals surface area contributed by atoms with E-state index in [9.17, 15) is 4.79 Å². The average molecular weight is 271 g/mol. The molecule has 0 bridgehead atoms. The SMILES string of the molecule is CCNc1cnn(Cc2ccc(C(C)C)cc2)c(=O)c1. The lowest BCUT2D eigenvalue weighted by molar-refractivity contribution is 0.639. The molecule has 0 aliphatic rings. The first kappa shape index (κ1) is 14.3. The van der Waals surface area contributed by atoms with Gasteiger partial charge >= 0.3 is 0 Å². The van der Waals surface area contributed by atoms with Crippen LogP contribution in [-0.4, -0.2) is 16.3 Å². The number of nitrogens with one attached hydrogen (secondary N) is 1. The molecule has 0 fully saturated rings. The van der Waals surface area contributed by atoms with Gasteiger partial charge in [0.2, 0.25) is 0 Å². The van der Waals surface area contributed by atoms with Crippen molar-refractivity contribution in [2.75, 3.05) is 11.9 Å².